The fraction of sp³-hybridized carbons (Fsp3) is 0.0625. The Kier molecular flexibility index (Phi) is 6.51. The molecule has 1 heterocycles. The van der Waals surface area contributed by atoms with Crippen molar-refractivity contribution in [3.8, 4) is 11.3 Å². The van der Waals surface area contributed by atoms with Crippen LogP contribution in [0.1, 0.15) is 0 Å². The van der Waals surface area contributed by atoms with Gasteiger partial charge in [0.25, 0.3) is 0 Å². The monoisotopic (exact) mass is 517 g/mol. The number of aromatic nitrogens is 2. The van der Waals surface area contributed by atoms with Crippen LogP contribution >= 0.6 is 66.8 Å². The minimum Gasteiger partial charge on any atom is -0.324 e. The van der Waals surface area contributed by atoms with Gasteiger partial charge in [-0.05, 0) is 35.8 Å². The first kappa shape index (κ1) is 18.8. The second-order valence-electron chi connectivity index (χ2n) is 4.85. The molecule has 25 heavy (non-hydrogen) atoms. The molecule has 4 nitrogen and oxygen atoms in total. The van der Waals surface area contributed by atoms with E-state index in [1.165, 1.54) is 23.3 Å². The van der Waals surface area contributed by atoms with E-state index in [9.17, 15) is 4.79 Å². The molecule has 0 spiro atoms. The number of para-hydroxylation sites is 1. The lowest BCUT2D eigenvalue weighted by atomic mass is 10.2. The second kappa shape index (κ2) is 8.64. The fourth-order valence-corrected chi connectivity index (χ4v) is 4.96. The highest BCUT2D eigenvalue weighted by Crippen LogP contribution is 2.37. The lowest BCUT2D eigenvalue weighted by Crippen LogP contribution is -2.14. The number of carbonyl (C=O) groups is 1. The Hall–Kier alpha value is -0.930. The van der Waals surface area contributed by atoms with Crippen molar-refractivity contribution < 1.29 is 4.79 Å². The van der Waals surface area contributed by atoms with Crippen molar-refractivity contribution in [1.29, 1.82) is 0 Å². The van der Waals surface area contributed by atoms with Gasteiger partial charge in [-0.1, -0.05) is 66.1 Å². The Bertz CT molecular complexity index is 920. The average Bonchev–Trinajstić information content (AvgIpc) is 3.03. The summed E-state index contributed by atoms with van der Waals surface area (Å²) in [6, 6.07) is 13.0. The van der Waals surface area contributed by atoms with Crippen molar-refractivity contribution in [2.45, 2.75) is 4.21 Å². The van der Waals surface area contributed by atoms with Crippen molar-refractivity contribution >= 4 is 78.3 Å². The Morgan fingerprint density at radius 3 is 2.80 bits per heavy atom. The maximum absolute atomic E-state index is 12.2. The zero-order valence-corrected chi connectivity index (χ0v) is 18.1. The summed E-state index contributed by atoms with van der Waals surface area (Å²) in [6.45, 7) is 0. The third-order valence-corrected chi connectivity index (χ3v) is 6.57. The molecular formula is C16H10Br2ClN3OS2. The highest BCUT2D eigenvalue weighted by atomic mass is 79.9. The lowest BCUT2D eigenvalue weighted by Gasteiger charge is -2.07. The van der Waals surface area contributed by atoms with E-state index in [1.807, 2.05) is 30.3 Å². The first-order chi connectivity index (χ1) is 12.0. The third-order valence-electron chi connectivity index (χ3n) is 3.13. The lowest BCUT2D eigenvalue weighted by molar-refractivity contribution is -0.113. The topological polar surface area (TPSA) is 54.9 Å². The number of halogens is 3. The van der Waals surface area contributed by atoms with Crippen molar-refractivity contribution in [1.82, 2.24) is 9.59 Å². The number of nitrogens with one attached hydrogen (secondary N) is 1. The van der Waals surface area contributed by atoms with Crippen LogP contribution in [0.4, 0.5) is 5.69 Å². The highest BCUT2D eigenvalue weighted by molar-refractivity contribution is 9.11. The maximum atomic E-state index is 12.2. The number of benzene rings is 2. The molecule has 0 aliphatic heterocycles. The van der Waals surface area contributed by atoms with Crippen LogP contribution in [0.15, 0.2) is 55.6 Å². The van der Waals surface area contributed by atoms with E-state index < -0.39 is 0 Å². The van der Waals surface area contributed by atoms with E-state index >= 15 is 0 Å². The van der Waals surface area contributed by atoms with Gasteiger partial charge in [-0.3, -0.25) is 4.79 Å². The smallest absolute Gasteiger partial charge is 0.234 e. The summed E-state index contributed by atoms with van der Waals surface area (Å²) in [5.74, 6) is 0.114. The molecule has 0 saturated heterocycles. The zero-order valence-electron chi connectivity index (χ0n) is 12.5. The average molecular weight is 520 g/mol. The molecule has 3 aromatic rings. The summed E-state index contributed by atoms with van der Waals surface area (Å²) in [4.78, 5) is 12.2. The minimum absolute atomic E-state index is 0.132. The SMILES string of the molecule is O=C(CSc1snnc1-c1ccc(Br)cc1Br)Nc1ccccc1Cl. The molecule has 128 valence electrons. The molecule has 2 aromatic carbocycles. The van der Waals surface area contributed by atoms with Crippen LogP contribution in [-0.4, -0.2) is 21.2 Å². The first-order valence-corrected chi connectivity index (χ1v) is 10.7. The Morgan fingerprint density at radius 2 is 2.04 bits per heavy atom. The summed E-state index contributed by atoms with van der Waals surface area (Å²) < 4.78 is 6.80. The van der Waals surface area contributed by atoms with Gasteiger partial charge in [-0.2, -0.15) is 0 Å². The van der Waals surface area contributed by atoms with E-state index in [4.69, 9.17) is 11.6 Å². The van der Waals surface area contributed by atoms with Crippen LogP contribution in [0, 0.1) is 0 Å². The first-order valence-electron chi connectivity index (χ1n) is 6.99. The van der Waals surface area contributed by atoms with E-state index in [-0.39, 0.29) is 11.7 Å². The molecule has 0 aliphatic carbocycles. The number of hydrogen-bond acceptors (Lipinski definition) is 5. The van der Waals surface area contributed by atoms with Gasteiger partial charge in [0.1, 0.15) is 9.90 Å². The van der Waals surface area contributed by atoms with Crippen LogP contribution in [0.25, 0.3) is 11.3 Å². The van der Waals surface area contributed by atoms with Gasteiger partial charge in [0.15, 0.2) is 0 Å². The van der Waals surface area contributed by atoms with Gasteiger partial charge in [0.2, 0.25) is 5.91 Å². The van der Waals surface area contributed by atoms with Crippen LogP contribution in [0.2, 0.25) is 5.02 Å². The third kappa shape index (κ3) is 4.83. The molecule has 3 rings (SSSR count). The highest BCUT2D eigenvalue weighted by Gasteiger charge is 2.16. The van der Waals surface area contributed by atoms with Gasteiger partial charge in [0.05, 0.1) is 16.5 Å². The molecule has 1 aromatic heterocycles. The van der Waals surface area contributed by atoms with Crippen LogP contribution in [0.3, 0.4) is 0 Å². The fourth-order valence-electron chi connectivity index (χ4n) is 2.00. The number of hydrogen-bond donors (Lipinski definition) is 1. The van der Waals surface area contributed by atoms with Gasteiger partial charge >= 0.3 is 0 Å². The normalized spacial score (nSPS) is 10.7. The van der Waals surface area contributed by atoms with Gasteiger partial charge in [-0.25, -0.2) is 0 Å². The molecule has 0 radical (unpaired) electrons. The minimum atomic E-state index is -0.132. The van der Waals surface area contributed by atoms with Crippen LogP contribution < -0.4 is 5.32 Å². The summed E-state index contributed by atoms with van der Waals surface area (Å²) in [6.07, 6.45) is 0. The van der Waals surface area contributed by atoms with E-state index in [1.54, 1.807) is 12.1 Å². The summed E-state index contributed by atoms with van der Waals surface area (Å²) in [7, 11) is 0. The number of anilines is 1. The molecule has 0 aliphatic rings. The molecular weight excluding hydrogens is 510 g/mol. The van der Waals surface area contributed by atoms with Crippen molar-refractivity contribution in [2.24, 2.45) is 0 Å². The van der Waals surface area contributed by atoms with Crippen LogP contribution in [-0.2, 0) is 4.79 Å². The predicted molar refractivity (Wildman–Crippen MR) is 112 cm³/mol. The van der Waals surface area contributed by atoms with E-state index in [2.05, 4.69) is 46.8 Å². The number of nitrogens with zero attached hydrogens (tertiary/aromatic N) is 2. The molecule has 0 saturated carbocycles. The Labute approximate surface area is 174 Å². The largest absolute Gasteiger partial charge is 0.324 e. The zero-order chi connectivity index (χ0) is 17.8. The summed E-state index contributed by atoms with van der Waals surface area (Å²) in [5.41, 5.74) is 2.30. The molecule has 1 N–H and O–H groups in total. The molecule has 0 fully saturated rings. The number of rotatable bonds is 5. The van der Waals surface area contributed by atoms with E-state index in [0.29, 0.717) is 10.7 Å². The van der Waals surface area contributed by atoms with E-state index in [0.717, 1.165) is 24.4 Å². The molecule has 1 amide bonds. The molecule has 0 unspecified atom stereocenters. The molecule has 0 atom stereocenters. The molecule has 0 bridgehead atoms. The summed E-state index contributed by atoms with van der Waals surface area (Å²) in [5, 5.41) is 7.52. The van der Waals surface area contributed by atoms with Gasteiger partial charge in [0, 0.05) is 14.5 Å². The Morgan fingerprint density at radius 1 is 1.24 bits per heavy atom. The van der Waals surface area contributed by atoms with Gasteiger partial charge < -0.3 is 5.32 Å². The molecule has 9 heteroatoms. The predicted octanol–water partition coefficient (Wildman–Crippen LogP) is 6.11. The van der Waals surface area contributed by atoms with Crippen molar-refractivity contribution in [3.63, 3.8) is 0 Å². The van der Waals surface area contributed by atoms with Gasteiger partial charge in [-0.15, -0.1) is 16.9 Å². The van der Waals surface area contributed by atoms with Crippen molar-refractivity contribution in [2.75, 3.05) is 11.1 Å². The summed E-state index contributed by atoms with van der Waals surface area (Å²) >= 11 is 15.7. The number of amides is 1. The second-order valence-corrected chi connectivity index (χ2v) is 9.03. The Balaban J connectivity index is 1.69. The van der Waals surface area contributed by atoms with Crippen molar-refractivity contribution in [3.05, 3.63) is 56.4 Å². The standard InChI is InChI=1S/C16H10Br2ClN3OS2/c17-9-5-6-10(11(18)7-9)15-16(25-22-21-15)24-8-14(23)20-13-4-2-1-3-12(13)19/h1-7H,8H2,(H,20,23). The van der Waals surface area contributed by atoms with Crippen LogP contribution in [0.5, 0.6) is 0 Å². The maximum Gasteiger partial charge on any atom is 0.234 e. The number of thioether (sulfide) groups is 1. The quantitative estimate of drug-likeness (QED) is 0.413. The number of carbonyl (C=O) groups excluding carboxylic acids is 1.